The number of hydrogen-bond acceptors (Lipinski definition) is 1. The summed E-state index contributed by atoms with van der Waals surface area (Å²) in [7, 11) is 0. The van der Waals surface area contributed by atoms with E-state index in [4.69, 9.17) is 0 Å². The number of rotatable bonds is 5. The monoisotopic (exact) mass is 280 g/mol. The number of carbonyl (C=O) groups is 1. The molecule has 0 saturated heterocycles. The highest BCUT2D eigenvalue weighted by molar-refractivity contribution is 5.74. The number of carboxylic acids is 1. The molecule has 2 aliphatic rings. The Labute approximate surface area is 124 Å². The normalized spacial score (nSPS) is 38.6. The molecule has 0 spiro atoms. The maximum Gasteiger partial charge on any atom is 0.309 e. The van der Waals surface area contributed by atoms with Crippen molar-refractivity contribution in [2.45, 2.75) is 84.5 Å². The van der Waals surface area contributed by atoms with Crippen LogP contribution < -0.4 is 0 Å². The average molecular weight is 280 g/mol. The van der Waals surface area contributed by atoms with E-state index in [-0.39, 0.29) is 0 Å². The van der Waals surface area contributed by atoms with Gasteiger partial charge in [0.2, 0.25) is 0 Å². The largest absolute Gasteiger partial charge is 0.481 e. The lowest BCUT2D eigenvalue weighted by Crippen LogP contribution is -2.35. The summed E-state index contributed by atoms with van der Waals surface area (Å²) >= 11 is 0. The van der Waals surface area contributed by atoms with Crippen LogP contribution in [-0.2, 0) is 4.79 Å². The van der Waals surface area contributed by atoms with Crippen molar-refractivity contribution in [2.24, 2.45) is 23.2 Å². The summed E-state index contributed by atoms with van der Waals surface area (Å²) in [5.41, 5.74) is -0.436. The van der Waals surface area contributed by atoms with Crippen LogP contribution in [0.5, 0.6) is 0 Å². The molecule has 2 nitrogen and oxygen atoms in total. The molecule has 0 atom stereocenters. The van der Waals surface area contributed by atoms with E-state index in [0.29, 0.717) is 0 Å². The Kier molecular flexibility index (Phi) is 5.51. The molecule has 0 amide bonds. The molecule has 0 unspecified atom stereocenters. The minimum atomic E-state index is -0.584. The second-order valence-corrected chi connectivity index (χ2v) is 7.63. The SMILES string of the molecule is CCCCC1CCC(C2CCC(C)(C(=O)O)CC2)CC1. The summed E-state index contributed by atoms with van der Waals surface area (Å²) in [5, 5.41) is 9.31. The fourth-order valence-corrected chi connectivity index (χ4v) is 4.40. The van der Waals surface area contributed by atoms with E-state index >= 15 is 0 Å². The molecule has 0 aromatic rings. The fraction of sp³-hybridized carbons (Fsp3) is 0.944. The molecule has 0 bridgehead atoms. The number of unbranched alkanes of at least 4 members (excludes halogenated alkanes) is 1. The predicted molar refractivity (Wildman–Crippen MR) is 82.7 cm³/mol. The Morgan fingerprint density at radius 3 is 2.10 bits per heavy atom. The summed E-state index contributed by atoms with van der Waals surface area (Å²) in [4.78, 5) is 11.3. The molecule has 2 rings (SSSR count). The van der Waals surface area contributed by atoms with Crippen molar-refractivity contribution in [3.63, 3.8) is 0 Å². The predicted octanol–water partition coefficient (Wildman–Crippen LogP) is 5.26. The lowest BCUT2D eigenvalue weighted by atomic mass is 9.65. The van der Waals surface area contributed by atoms with Crippen molar-refractivity contribution in [3.05, 3.63) is 0 Å². The van der Waals surface area contributed by atoms with Crippen LogP contribution in [0.15, 0.2) is 0 Å². The molecule has 20 heavy (non-hydrogen) atoms. The smallest absolute Gasteiger partial charge is 0.309 e. The van der Waals surface area contributed by atoms with Crippen LogP contribution in [0.1, 0.15) is 84.5 Å². The highest BCUT2D eigenvalue weighted by Crippen LogP contribution is 2.46. The quantitative estimate of drug-likeness (QED) is 0.745. The van der Waals surface area contributed by atoms with Crippen LogP contribution in [0.2, 0.25) is 0 Å². The maximum absolute atomic E-state index is 11.3. The number of aliphatic carboxylic acids is 1. The Balaban J connectivity index is 1.74. The van der Waals surface area contributed by atoms with Crippen LogP contribution in [-0.4, -0.2) is 11.1 Å². The Bertz CT molecular complexity index is 307. The third-order valence-corrected chi connectivity index (χ3v) is 6.17. The topological polar surface area (TPSA) is 37.3 Å². The molecule has 2 heteroatoms. The highest BCUT2D eigenvalue weighted by atomic mass is 16.4. The first-order valence-electron chi connectivity index (χ1n) is 8.78. The van der Waals surface area contributed by atoms with Gasteiger partial charge in [-0.25, -0.2) is 0 Å². The van der Waals surface area contributed by atoms with Crippen molar-refractivity contribution in [3.8, 4) is 0 Å². The molecule has 0 heterocycles. The van der Waals surface area contributed by atoms with Gasteiger partial charge < -0.3 is 5.11 Å². The first kappa shape index (κ1) is 15.9. The van der Waals surface area contributed by atoms with Crippen LogP contribution in [0, 0.1) is 23.2 Å². The highest BCUT2D eigenvalue weighted by Gasteiger charge is 2.39. The minimum absolute atomic E-state index is 0.436. The van der Waals surface area contributed by atoms with E-state index in [9.17, 15) is 9.90 Å². The maximum atomic E-state index is 11.3. The molecule has 2 fully saturated rings. The molecule has 0 radical (unpaired) electrons. The Hall–Kier alpha value is -0.530. The zero-order chi connectivity index (χ0) is 14.6. The van der Waals surface area contributed by atoms with Crippen LogP contribution in [0.25, 0.3) is 0 Å². The third kappa shape index (κ3) is 3.77. The summed E-state index contributed by atoms with van der Waals surface area (Å²) < 4.78 is 0. The summed E-state index contributed by atoms with van der Waals surface area (Å²) in [6, 6.07) is 0. The van der Waals surface area contributed by atoms with Gasteiger partial charge in [-0.1, -0.05) is 39.0 Å². The van der Waals surface area contributed by atoms with Gasteiger partial charge in [0.15, 0.2) is 0 Å². The van der Waals surface area contributed by atoms with Crippen molar-refractivity contribution in [2.75, 3.05) is 0 Å². The van der Waals surface area contributed by atoms with Crippen molar-refractivity contribution in [1.82, 2.24) is 0 Å². The van der Waals surface area contributed by atoms with Crippen molar-refractivity contribution < 1.29 is 9.90 Å². The molecular formula is C18H32O2. The molecular weight excluding hydrogens is 248 g/mol. The lowest BCUT2D eigenvalue weighted by molar-refractivity contribution is -0.150. The van der Waals surface area contributed by atoms with E-state index in [0.717, 1.165) is 43.4 Å². The fourth-order valence-electron chi connectivity index (χ4n) is 4.40. The van der Waals surface area contributed by atoms with Crippen molar-refractivity contribution in [1.29, 1.82) is 0 Å². The Morgan fingerprint density at radius 2 is 1.60 bits per heavy atom. The zero-order valence-electron chi connectivity index (χ0n) is 13.4. The summed E-state index contributed by atoms with van der Waals surface area (Å²) in [6.07, 6.45) is 13.9. The first-order chi connectivity index (χ1) is 9.55. The first-order valence-corrected chi connectivity index (χ1v) is 8.78. The van der Waals surface area contributed by atoms with E-state index in [1.165, 1.54) is 44.9 Å². The van der Waals surface area contributed by atoms with Crippen LogP contribution >= 0.6 is 0 Å². The number of hydrogen-bond donors (Lipinski definition) is 1. The van der Waals surface area contributed by atoms with E-state index in [1.54, 1.807) is 0 Å². The van der Waals surface area contributed by atoms with Crippen LogP contribution in [0.4, 0.5) is 0 Å². The van der Waals surface area contributed by atoms with Gasteiger partial charge in [-0.2, -0.15) is 0 Å². The molecule has 0 aliphatic heterocycles. The molecule has 1 N–H and O–H groups in total. The summed E-state index contributed by atoms with van der Waals surface area (Å²) in [6.45, 7) is 4.22. The number of carboxylic acid groups (broad SMARTS) is 1. The lowest BCUT2D eigenvalue weighted by Gasteiger charge is -2.40. The zero-order valence-corrected chi connectivity index (χ0v) is 13.4. The third-order valence-electron chi connectivity index (χ3n) is 6.17. The van der Waals surface area contributed by atoms with Crippen molar-refractivity contribution >= 4 is 5.97 Å². The minimum Gasteiger partial charge on any atom is -0.481 e. The van der Waals surface area contributed by atoms with E-state index in [2.05, 4.69) is 6.92 Å². The second-order valence-electron chi connectivity index (χ2n) is 7.63. The van der Waals surface area contributed by atoms with Gasteiger partial charge in [0.25, 0.3) is 0 Å². The van der Waals surface area contributed by atoms with E-state index in [1.807, 2.05) is 6.92 Å². The van der Waals surface area contributed by atoms with Crippen LogP contribution in [0.3, 0.4) is 0 Å². The molecule has 2 aliphatic carbocycles. The average Bonchev–Trinajstić information content (AvgIpc) is 2.46. The van der Waals surface area contributed by atoms with Gasteiger partial charge in [-0.3, -0.25) is 4.79 Å². The Morgan fingerprint density at radius 1 is 1.05 bits per heavy atom. The summed E-state index contributed by atoms with van der Waals surface area (Å²) in [5.74, 6) is 2.11. The standard InChI is InChI=1S/C18H32O2/c1-3-4-5-14-6-8-15(9-7-14)16-10-12-18(2,13-11-16)17(19)20/h14-16H,3-13H2,1-2H3,(H,19,20). The molecule has 0 aromatic carbocycles. The molecule has 116 valence electrons. The molecule has 2 saturated carbocycles. The van der Waals surface area contributed by atoms with Gasteiger partial charge in [-0.05, 0) is 63.2 Å². The molecule has 0 aromatic heterocycles. The van der Waals surface area contributed by atoms with Gasteiger partial charge in [0, 0.05) is 0 Å². The second kappa shape index (κ2) is 6.95. The van der Waals surface area contributed by atoms with Gasteiger partial charge in [0.1, 0.15) is 0 Å². The van der Waals surface area contributed by atoms with Gasteiger partial charge in [0.05, 0.1) is 5.41 Å². The van der Waals surface area contributed by atoms with E-state index < -0.39 is 11.4 Å². The van der Waals surface area contributed by atoms with Gasteiger partial charge in [-0.15, -0.1) is 0 Å². The van der Waals surface area contributed by atoms with Gasteiger partial charge >= 0.3 is 5.97 Å².